The highest BCUT2D eigenvalue weighted by Crippen LogP contribution is 2.54. The summed E-state index contributed by atoms with van der Waals surface area (Å²) in [5.74, 6) is 0.157. The summed E-state index contributed by atoms with van der Waals surface area (Å²) >= 11 is 0. The summed E-state index contributed by atoms with van der Waals surface area (Å²) in [7, 11) is 0. The minimum Gasteiger partial charge on any atom is -0.376 e. The van der Waals surface area contributed by atoms with Gasteiger partial charge in [-0.05, 0) is 49.7 Å². The second kappa shape index (κ2) is 7.52. The zero-order valence-electron chi connectivity index (χ0n) is 20.2. The molecule has 0 atom stereocenters. The highest BCUT2D eigenvalue weighted by atomic mass is 16.3. The van der Waals surface area contributed by atoms with Gasteiger partial charge in [0.05, 0.1) is 0 Å². The molecule has 0 amide bonds. The third-order valence-corrected chi connectivity index (χ3v) is 8.42. The smallest absolute Gasteiger partial charge is 0.142 e. The van der Waals surface area contributed by atoms with Crippen LogP contribution >= 0.6 is 0 Å². The Balaban J connectivity index is 1.42. The molecule has 37 heavy (non-hydrogen) atoms. The van der Waals surface area contributed by atoms with Crippen molar-refractivity contribution in [2.75, 3.05) is 0 Å². The van der Waals surface area contributed by atoms with Crippen LogP contribution in [0.3, 0.4) is 0 Å². The van der Waals surface area contributed by atoms with Crippen molar-refractivity contribution in [3.63, 3.8) is 0 Å². The Labute approximate surface area is 216 Å². The van der Waals surface area contributed by atoms with E-state index in [-0.39, 0.29) is 5.92 Å². The molecule has 0 saturated carbocycles. The van der Waals surface area contributed by atoms with Gasteiger partial charge in [-0.15, -0.1) is 0 Å². The first kappa shape index (κ1) is 20.7. The first-order valence-corrected chi connectivity index (χ1v) is 12.9. The number of fused-ring (bicyclic) bond motifs is 7. The Morgan fingerprint density at radius 1 is 0.378 bits per heavy atom. The van der Waals surface area contributed by atoms with E-state index < -0.39 is 5.60 Å². The molecule has 0 radical (unpaired) electrons. The SMILES string of the molecule is OC1(c2ccc(C3c4ccccc4-c4ccccc43)c3ccccc23)c2ccccc2-c2ccccc21. The molecule has 2 aliphatic carbocycles. The molecule has 0 spiro atoms. The molecular formula is C36H24O. The summed E-state index contributed by atoms with van der Waals surface area (Å²) in [4.78, 5) is 0. The average Bonchev–Trinajstić information content (AvgIpc) is 3.43. The van der Waals surface area contributed by atoms with E-state index in [1.54, 1.807) is 0 Å². The van der Waals surface area contributed by atoms with Crippen molar-refractivity contribution in [1.82, 2.24) is 0 Å². The van der Waals surface area contributed by atoms with Gasteiger partial charge in [0.15, 0.2) is 0 Å². The predicted molar refractivity (Wildman–Crippen MR) is 151 cm³/mol. The van der Waals surface area contributed by atoms with Gasteiger partial charge < -0.3 is 5.11 Å². The van der Waals surface area contributed by atoms with Gasteiger partial charge in [0.25, 0.3) is 0 Å². The Morgan fingerprint density at radius 3 is 1.43 bits per heavy atom. The predicted octanol–water partition coefficient (Wildman–Crippen LogP) is 8.27. The molecule has 0 bridgehead atoms. The summed E-state index contributed by atoms with van der Waals surface area (Å²) < 4.78 is 0. The van der Waals surface area contributed by atoms with Gasteiger partial charge in [-0.25, -0.2) is 0 Å². The molecule has 0 unspecified atom stereocenters. The van der Waals surface area contributed by atoms with Crippen LogP contribution in [-0.2, 0) is 5.60 Å². The Morgan fingerprint density at radius 2 is 0.838 bits per heavy atom. The van der Waals surface area contributed by atoms with Crippen LogP contribution in [0.25, 0.3) is 33.0 Å². The van der Waals surface area contributed by atoms with Crippen molar-refractivity contribution >= 4 is 10.8 Å². The Kier molecular flexibility index (Phi) is 4.21. The van der Waals surface area contributed by atoms with Gasteiger partial charge in [-0.3, -0.25) is 0 Å². The molecule has 8 rings (SSSR count). The first-order chi connectivity index (χ1) is 18.3. The Bertz CT molecular complexity index is 1770. The molecule has 0 aromatic heterocycles. The van der Waals surface area contributed by atoms with E-state index in [1.165, 1.54) is 33.2 Å². The fourth-order valence-electron chi connectivity index (χ4n) is 6.88. The standard InChI is InChI=1S/C36H24O/c37-36(32-19-9-7-15-27(32)28-16-8-10-20-33(28)36)34-22-21-31(25-13-1-4-14-26(25)34)35-29-17-5-2-11-23(29)24-12-3-6-18-30(24)35/h1-22,35,37H. The van der Waals surface area contributed by atoms with Crippen LogP contribution in [-0.4, -0.2) is 5.11 Å². The Hall–Kier alpha value is -4.46. The number of aliphatic hydroxyl groups is 1. The van der Waals surface area contributed by atoms with Gasteiger partial charge in [-0.2, -0.15) is 0 Å². The molecule has 0 aliphatic heterocycles. The van der Waals surface area contributed by atoms with E-state index in [9.17, 15) is 5.11 Å². The van der Waals surface area contributed by atoms with E-state index in [2.05, 4.69) is 121 Å². The zero-order valence-corrected chi connectivity index (χ0v) is 20.2. The van der Waals surface area contributed by atoms with Gasteiger partial charge in [0, 0.05) is 22.6 Å². The monoisotopic (exact) mass is 472 g/mol. The molecule has 0 fully saturated rings. The molecule has 1 nitrogen and oxygen atoms in total. The number of benzene rings is 6. The van der Waals surface area contributed by atoms with Crippen molar-refractivity contribution in [1.29, 1.82) is 0 Å². The molecule has 1 N–H and O–H groups in total. The summed E-state index contributed by atoms with van der Waals surface area (Å²) in [5.41, 5.74) is 10.4. The van der Waals surface area contributed by atoms with Crippen LogP contribution in [0.5, 0.6) is 0 Å². The summed E-state index contributed by atoms with van der Waals surface area (Å²) in [6, 6.07) is 47.1. The van der Waals surface area contributed by atoms with E-state index in [0.717, 1.165) is 33.2 Å². The fourth-order valence-corrected chi connectivity index (χ4v) is 6.88. The van der Waals surface area contributed by atoms with E-state index in [4.69, 9.17) is 0 Å². The average molecular weight is 473 g/mol. The van der Waals surface area contributed by atoms with Gasteiger partial charge in [0.1, 0.15) is 5.60 Å². The van der Waals surface area contributed by atoms with Crippen LogP contribution in [0, 0.1) is 0 Å². The quantitative estimate of drug-likeness (QED) is 0.268. The first-order valence-electron chi connectivity index (χ1n) is 12.9. The largest absolute Gasteiger partial charge is 0.376 e. The van der Waals surface area contributed by atoms with Crippen molar-refractivity contribution in [3.8, 4) is 22.3 Å². The molecular weight excluding hydrogens is 448 g/mol. The van der Waals surface area contributed by atoms with Crippen LogP contribution in [0.4, 0.5) is 0 Å². The second-order valence-corrected chi connectivity index (χ2v) is 10.2. The molecule has 1 heteroatoms. The maximum absolute atomic E-state index is 12.6. The van der Waals surface area contributed by atoms with Gasteiger partial charge in [-0.1, -0.05) is 133 Å². The molecule has 6 aromatic rings. The van der Waals surface area contributed by atoms with Gasteiger partial charge in [0.2, 0.25) is 0 Å². The minimum absolute atomic E-state index is 0.157. The third-order valence-electron chi connectivity index (χ3n) is 8.42. The lowest BCUT2D eigenvalue weighted by Gasteiger charge is -2.29. The van der Waals surface area contributed by atoms with Crippen LogP contribution in [0.15, 0.2) is 133 Å². The molecule has 0 saturated heterocycles. The molecule has 174 valence electrons. The van der Waals surface area contributed by atoms with Crippen LogP contribution < -0.4 is 0 Å². The van der Waals surface area contributed by atoms with Crippen molar-refractivity contribution in [3.05, 3.63) is 167 Å². The van der Waals surface area contributed by atoms with Crippen LogP contribution in [0.2, 0.25) is 0 Å². The molecule has 2 aliphatic rings. The van der Waals surface area contributed by atoms with E-state index >= 15 is 0 Å². The number of hydrogen-bond donors (Lipinski definition) is 1. The lowest BCUT2D eigenvalue weighted by Crippen LogP contribution is -2.26. The van der Waals surface area contributed by atoms with E-state index in [0.29, 0.717) is 0 Å². The maximum Gasteiger partial charge on any atom is 0.142 e. The summed E-state index contributed by atoms with van der Waals surface area (Å²) in [6.45, 7) is 0. The maximum atomic E-state index is 12.6. The number of hydrogen-bond acceptors (Lipinski definition) is 1. The summed E-state index contributed by atoms with van der Waals surface area (Å²) in [5, 5.41) is 14.9. The molecule has 0 heterocycles. The highest BCUT2D eigenvalue weighted by molar-refractivity contribution is 5.95. The zero-order chi connectivity index (χ0) is 24.6. The van der Waals surface area contributed by atoms with E-state index in [1.807, 2.05) is 12.1 Å². The lowest BCUT2D eigenvalue weighted by molar-refractivity contribution is 0.132. The molecule has 6 aromatic carbocycles. The van der Waals surface area contributed by atoms with Crippen LogP contribution in [0.1, 0.15) is 39.3 Å². The number of rotatable bonds is 2. The fraction of sp³-hybridized carbons (Fsp3) is 0.0556. The lowest BCUT2D eigenvalue weighted by atomic mass is 9.78. The van der Waals surface area contributed by atoms with Gasteiger partial charge >= 0.3 is 0 Å². The summed E-state index contributed by atoms with van der Waals surface area (Å²) in [6.07, 6.45) is 0. The third kappa shape index (κ3) is 2.67. The highest BCUT2D eigenvalue weighted by Gasteiger charge is 2.44. The minimum atomic E-state index is -1.21. The van der Waals surface area contributed by atoms with Crippen molar-refractivity contribution in [2.45, 2.75) is 11.5 Å². The van der Waals surface area contributed by atoms with Crippen molar-refractivity contribution in [2.24, 2.45) is 0 Å². The van der Waals surface area contributed by atoms with Crippen molar-refractivity contribution < 1.29 is 5.11 Å². The normalized spacial score (nSPS) is 14.7. The second-order valence-electron chi connectivity index (χ2n) is 10.2. The topological polar surface area (TPSA) is 20.2 Å².